The molecule has 0 radical (unpaired) electrons. The summed E-state index contributed by atoms with van der Waals surface area (Å²) in [7, 11) is 0. The number of aliphatic hydroxyl groups is 1. The second-order valence-corrected chi connectivity index (χ2v) is 8.81. The van der Waals surface area contributed by atoms with Gasteiger partial charge in [-0.2, -0.15) is 0 Å². The van der Waals surface area contributed by atoms with Gasteiger partial charge in [0, 0.05) is 11.3 Å². The average molecular weight is 456 g/mol. The predicted octanol–water partition coefficient (Wildman–Crippen LogP) is 4.96. The number of carbonyl (C=O) groups is 2. The second kappa shape index (κ2) is 8.37. The highest BCUT2D eigenvalue weighted by atomic mass is 16.5. The first-order chi connectivity index (χ1) is 16.3. The smallest absolute Gasteiger partial charge is 0.300 e. The van der Waals surface area contributed by atoms with Crippen LogP contribution in [-0.2, 0) is 16.0 Å². The van der Waals surface area contributed by atoms with Crippen molar-refractivity contribution in [1.29, 1.82) is 0 Å². The Morgan fingerprint density at radius 1 is 1.00 bits per heavy atom. The summed E-state index contributed by atoms with van der Waals surface area (Å²) in [5.74, 6) is -0.958. The molecule has 0 bridgehead atoms. The van der Waals surface area contributed by atoms with Gasteiger partial charge < -0.3 is 14.9 Å². The van der Waals surface area contributed by atoms with Crippen molar-refractivity contribution in [2.45, 2.75) is 32.7 Å². The van der Waals surface area contributed by atoms with E-state index in [-0.39, 0.29) is 17.1 Å². The molecule has 2 heterocycles. The molecule has 3 aromatic carbocycles. The lowest BCUT2D eigenvalue weighted by molar-refractivity contribution is -0.132. The van der Waals surface area contributed by atoms with Crippen molar-refractivity contribution >= 4 is 23.1 Å². The van der Waals surface area contributed by atoms with Gasteiger partial charge in [0.2, 0.25) is 0 Å². The van der Waals surface area contributed by atoms with Crippen LogP contribution in [0.25, 0.3) is 5.76 Å². The van der Waals surface area contributed by atoms with Crippen molar-refractivity contribution < 1.29 is 24.5 Å². The molecule has 0 spiro atoms. The summed E-state index contributed by atoms with van der Waals surface area (Å²) in [4.78, 5) is 28.0. The molecule has 1 unspecified atom stereocenters. The minimum atomic E-state index is -0.888. The molecule has 1 saturated heterocycles. The molecular weight excluding hydrogens is 430 g/mol. The van der Waals surface area contributed by atoms with Gasteiger partial charge >= 0.3 is 0 Å². The number of rotatable bonds is 3. The zero-order valence-electron chi connectivity index (χ0n) is 19.0. The van der Waals surface area contributed by atoms with E-state index in [2.05, 4.69) is 0 Å². The molecule has 3 aromatic rings. The number of Topliss-reactive ketones (excluding diaryl/α,β-unsaturated/α-hetero) is 1. The predicted molar refractivity (Wildman–Crippen MR) is 129 cm³/mol. The number of hydrogen-bond donors (Lipinski definition) is 2. The Kier molecular flexibility index (Phi) is 5.36. The number of ether oxygens (including phenoxy) is 1. The lowest BCUT2D eigenvalue weighted by atomic mass is 9.93. The number of carbonyl (C=O) groups excluding carboxylic acids is 2. The number of phenols is 1. The molecule has 172 valence electrons. The number of phenolic OH excluding ortho intramolecular Hbond substituents is 1. The average Bonchev–Trinajstić information content (AvgIpc) is 3.10. The van der Waals surface area contributed by atoms with E-state index < -0.39 is 17.7 Å². The summed E-state index contributed by atoms with van der Waals surface area (Å²) in [6, 6.07) is 16.4. The van der Waals surface area contributed by atoms with E-state index in [4.69, 9.17) is 4.74 Å². The Labute approximate surface area is 197 Å². The molecule has 5 rings (SSSR count). The Bertz CT molecular complexity index is 1360. The zero-order chi connectivity index (χ0) is 24.0. The SMILES string of the molecule is Cc1ccc(N2C(=O)C(=O)/C(=C(\O)c3ccc4c(c3)CCCO4)C2c2cccc(O)c2)cc1C. The van der Waals surface area contributed by atoms with Crippen molar-refractivity contribution in [3.05, 3.63) is 94.1 Å². The van der Waals surface area contributed by atoms with Crippen LogP contribution < -0.4 is 9.64 Å². The summed E-state index contributed by atoms with van der Waals surface area (Å²) in [5.41, 5.74) is 4.51. The molecule has 2 aliphatic heterocycles. The Hall–Kier alpha value is -4.06. The monoisotopic (exact) mass is 455 g/mol. The van der Waals surface area contributed by atoms with E-state index in [0.29, 0.717) is 23.4 Å². The van der Waals surface area contributed by atoms with Crippen LogP contribution in [0.3, 0.4) is 0 Å². The number of hydrogen-bond acceptors (Lipinski definition) is 5. The number of ketones is 1. The van der Waals surface area contributed by atoms with E-state index >= 15 is 0 Å². The standard InChI is InChI=1S/C28H25NO5/c1-16-8-10-21(13-17(16)2)29-25(19-5-3-7-22(30)15-19)24(27(32)28(29)33)26(31)20-9-11-23-18(14-20)6-4-12-34-23/h3,5,7-11,13-15,25,30-31H,4,6,12H2,1-2H3/b26-24-. The Morgan fingerprint density at radius 3 is 2.59 bits per heavy atom. The van der Waals surface area contributed by atoms with E-state index in [1.165, 1.54) is 17.0 Å². The van der Waals surface area contributed by atoms with Gasteiger partial charge in [-0.05, 0) is 91.4 Å². The molecule has 1 fully saturated rings. The molecule has 6 nitrogen and oxygen atoms in total. The van der Waals surface area contributed by atoms with Crippen LogP contribution in [0.2, 0.25) is 0 Å². The lowest BCUT2D eigenvalue weighted by Gasteiger charge is -2.26. The van der Waals surface area contributed by atoms with Crippen LogP contribution in [0.5, 0.6) is 11.5 Å². The number of aliphatic hydroxyl groups excluding tert-OH is 1. The number of fused-ring (bicyclic) bond motifs is 1. The van der Waals surface area contributed by atoms with Gasteiger partial charge in [-0.25, -0.2) is 0 Å². The van der Waals surface area contributed by atoms with Gasteiger partial charge in [0.25, 0.3) is 11.7 Å². The molecule has 34 heavy (non-hydrogen) atoms. The third kappa shape index (κ3) is 3.61. The number of benzene rings is 3. The van der Waals surface area contributed by atoms with Crippen molar-refractivity contribution in [2.75, 3.05) is 11.5 Å². The van der Waals surface area contributed by atoms with Gasteiger partial charge in [0.05, 0.1) is 18.2 Å². The molecule has 6 heteroatoms. The molecule has 2 aliphatic rings. The quantitative estimate of drug-likeness (QED) is 0.331. The first kappa shape index (κ1) is 21.8. The van der Waals surface area contributed by atoms with Gasteiger partial charge in [-0.15, -0.1) is 0 Å². The number of amides is 1. The highest BCUT2D eigenvalue weighted by molar-refractivity contribution is 6.51. The van der Waals surface area contributed by atoms with Crippen molar-refractivity contribution in [3.8, 4) is 11.5 Å². The summed E-state index contributed by atoms with van der Waals surface area (Å²) < 4.78 is 5.67. The maximum atomic E-state index is 13.3. The van der Waals surface area contributed by atoms with Crippen LogP contribution in [-0.4, -0.2) is 28.5 Å². The summed E-state index contributed by atoms with van der Waals surface area (Å²) in [5, 5.41) is 21.5. The minimum Gasteiger partial charge on any atom is -0.508 e. The largest absolute Gasteiger partial charge is 0.508 e. The molecule has 0 saturated carbocycles. The normalized spacial score (nSPS) is 19.1. The summed E-state index contributed by atoms with van der Waals surface area (Å²) in [6.07, 6.45) is 1.68. The third-order valence-electron chi connectivity index (χ3n) is 6.58. The van der Waals surface area contributed by atoms with Crippen LogP contribution in [0.1, 0.15) is 40.3 Å². The van der Waals surface area contributed by atoms with Gasteiger partial charge in [0.1, 0.15) is 17.3 Å². The number of aromatic hydroxyl groups is 1. The number of anilines is 1. The van der Waals surface area contributed by atoms with E-state index in [1.54, 1.807) is 30.3 Å². The topological polar surface area (TPSA) is 87.1 Å². The molecule has 0 aliphatic carbocycles. The fourth-order valence-electron chi connectivity index (χ4n) is 4.65. The van der Waals surface area contributed by atoms with Crippen molar-refractivity contribution in [2.24, 2.45) is 0 Å². The van der Waals surface area contributed by atoms with Crippen LogP contribution >= 0.6 is 0 Å². The van der Waals surface area contributed by atoms with Gasteiger partial charge in [0.15, 0.2) is 0 Å². The summed E-state index contributed by atoms with van der Waals surface area (Å²) in [6.45, 7) is 4.56. The molecule has 1 atom stereocenters. The maximum Gasteiger partial charge on any atom is 0.300 e. The van der Waals surface area contributed by atoms with E-state index in [1.807, 2.05) is 32.0 Å². The van der Waals surface area contributed by atoms with Crippen LogP contribution in [0.4, 0.5) is 5.69 Å². The first-order valence-electron chi connectivity index (χ1n) is 11.3. The maximum absolute atomic E-state index is 13.3. The molecule has 1 amide bonds. The van der Waals surface area contributed by atoms with Crippen LogP contribution in [0.15, 0.2) is 66.2 Å². The van der Waals surface area contributed by atoms with Gasteiger partial charge in [-0.1, -0.05) is 18.2 Å². The first-order valence-corrected chi connectivity index (χ1v) is 11.3. The zero-order valence-corrected chi connectivity index (χ0v) is 19.0. The van der Waals surface area contributed by atoms with Crippen molar-refractivity contribution in [3.63, 3.8) is 0 Å². The lowest BCUT2D eigenvalue weighted by Crippen LogP contribution is -2.29. The van der Waals surface area contributed by atoms with E-state index in [9.17, 15) is 19.8 Å². The second-order valence-electron chi connectivity index (χ2n) is 8.81. The van der Waals surface area contributed by atoms with Crippen molar-refractivity contribution in [1.82, 2.24) is 0 Å². The molecular formula is C28H25NO5. The fourth-order valence-corrected chi connectivity index (χ4v) is 4.65. The molecule has 2 N–H and O–H groups in total. The number of nitrogens with zero attached hydrogens (tertiary/aromatic N) is 1. The highest BCUT2D eigenvalue weighted by Gasteiger charge is 2.47. The van der Waals surface area contributed by atoms with Crippen LogP contribution in [0, 0.1) is 13.8 Å². The highest BCUT2D eigenvalue weighted by Crippen LogP contribution is 2.43. The van der Waals surface area contributed by atoms with E-state index in [0.717, 1.165) is 35.3 Å². The van der Waals surface area contributed by atoms with Gasteiger partial charge in [-0.3, -0.25) is 14.5 Å². The minimum absolute atomic E-state index is 0.00843. The Morgan fingerprint density at radius 2 is 1.82 bits per heavy atom. The third-order valence-corrected chi connectivity index (χ3v) is 6.58. The molecule has 0 aromatic heterocycles. The number of aryl methyl sites for hydroxylation is 3. The fraction of sp³-hybridized carbons (Fsp3) is 0.214. The summed E-state index contributed by atoms with van der Waals surface area (Å²) >= 11 is 0. The Balaban J connectivity index is 1.71.